The first-order valence-corrected chi connectivity index (χ1v) is 3.77. The first-order valence-electron chi connectivity index (χ1n) is 3.77. The van der Waals surface area contributed by atoms with Crippen molar-refractivity contribution in [2.75, 3.05) is 25.1 Å². The summed E-state index contributed by atoms with van der Waals surface area (Å²) in [6.45, 7) is 1.42. The quantitative estimate of drug-likeness (QED) is 0.541. The predicted molar refractivity (Wildman–Crippen MR) is 43.0 cm³/mol. The van der Waals surface area contributed by atoms with Crippen molar-refractivity contribution >= 4 is 5.69 Å². The zero-order chi connectivity index (χ0) is 8.55. The van der Waals surface area contributed by atoms with Crippen LogP contribution >= 0.6 is 0 Å². The molecule has 4 heteroatoms. The van der Waals surface area contributed by atoms with Crippen molar-refractivity contribution in [3.63, 3.8) is 0 Å². The van der Waals surface area contributed by atoms with Crippen LogP contribution in [0.3, 0.4) is 0 Å². The van der Waals surface area contributed by atoms with E-state index in [0.29, 0.717) is 12.4 Å². The number of fused-ring (bicyclic) bond motifs is 1. The summed E-state index contributed by atoms with van der Waals surface area (Å²) < 4.78 is 18.0. The van der Waals surface area contributed by atoms with Crippen molar-refractivity contribution in [2.24, 2.45) is 0 Å². The minimum atomic E-state index is -0.467. The maximum absolute atomic E-state index is 12.7. The Balaban J connectivity index is 2.47. The lowest BCUT2D eigenvalue weighted by atomic mass is 10.3. The van der Waals surface area contributed by atoms with Crippen molar-refractivity contribution in [1.29, 1.82) is 0 Å². The maximum atomic E-state index is 12.7. The molecule has 0 aliphatic carbocycles. The van der Waals surface area contributed by atoms with E-state index in [-0.39, 0.29) is 0 Å². The van der Waals surface area contributed by atoms with Gasteiger partial charge in [-0.15, -0.1) is 0 Å². The molecular formula is C8H9FN2O. The van der Waals surface area contributed by atoms with Crippen LogP contribution in [-0.4, -0.2) is 25.2 Å². The molecule has 0 bridgehead atoms. The Labute approximate surface area is 69.8 Å². The fourth-order valence-corrected chi connectivity index (χ4v) is 1.23. The van der Waals surface area contributed by atoms with Crippen LogP contribution in [-0.2, 0) is 0 Å². The second-order valence-corrected chi connectivity index (χ2v) is 2.74. The molecule has 1 aliphatic heterocycles. The van der Waals surface area contributed by atoms with Gasteiger partial charge in [-0.3, -0.25) is 0 Å². The van der Waals surface area contributed by atoms with Gasteiger partial charge in [0.2, 0.25) is 5.95 Å². The molecule has 1 aliphatic rings. The average molecular weight is 168 g/mol. The third kappa shape index (κ3) is 1.09. The van der Waals surface area contributed by atoms with Crippen molar-refractivity contribution in [2.45, 2.75) is 0 Å². The minimum absolute atomic E-state index is 0.467. The number of nitrogens with zero attached hydrogens (tertiary/aromatic N) is 2. The molecule has 3 nitrogen and oxygen atoms in total. The number of anilines is 1. The van der Waals surface area contributed by atoms with Crippen molar-refractivity contribution in [1.82, 2.24) is 4.98 Å². The Bertz CT molecular complexity index is 303. The number of halogens is 1. The molecule has 0 spiro atoms. The molecule has 0 amide bonds. The van der Waals surface area contributed by atoms with Crippen molar-refractivity contribution in [3.8, 4) is 5.75 Å². The van der Waals surface area contributed by atoms with Gasteiger partial charge in [0.1, 0.15) is 6.61 Å². The Hall–Kier alpha value is -1.32. The third-order valence-corrected chi connectivity index (χ3v) is 1.91. The van der Waals surface area contributed by atoms with E-state index in [1.807, 2.05) is 11.9 Å². The molecule has 0 saturated carbocycles. The molecule has 1 aromatic rings. The normalized spacial score (nSPS) is 15.3. The lowest BCUT2D eigenvalue weighted by Crippen LogP contribution is -2.28. The highest BCUT2D eigenvalue weighted by Gasteiger charge is 2.15. The van der Waals surface area contributed by atoms with Crippen molar-refractivity contribution < 1.29 is 9.13 Å². The SMILES string of the molecule is CN1CCOc2cnc(F)cc21. The van der Waals surface area contributed by atoms with Crippen molar-refractivity contribution in [3.05, 3.63) is 18.2 Å². The Morgan fingerprint density at radius 1 is 1.67 bits per heavy atom. The predicted octanol–water partition coefficient (Wildman–Crippen LogP) is 1.05. The number of pyridine rings is 1. The van der Waals surface area contributed by atoms with Gasteiger partial charge in [0, 0.05) is 13.1 Å². The van der Waals surface area contributed by atoms with Gasteiger partial charge < -0.3 is 9.64 Å². The van der Waals surface area contributed by atoms with Gasteiger partial charge in [-0.25, -0.2) is 4.98 Å². The zero-order valence-corrected chi connectivity index (χ0v) is 6.75. The van der Waals surface area contributed by atoms with Crippen LogP contribution in [0.25, 0.3) is 0 Å². The summed E-state index contributed by atoms with van der Waals surface area (Å²) >= 11 is 0. The van der Waals surface area contributed by atoms with Crippen LogP contribution in [0.4, 0.5) is 10.1 Å². The van der Waals surface area contributed by atoms with Crippen LogP contribution in [0.2, 0.25) is 0 Å². The second kappa shape index (κ2) is 2.62. The summed E-state index contributed by atoms with van der Waals surface area (Å²) in [6, 6.07) is 1.38. The summed E-state index contributed by atoms with van der Waals surface area (Å²) in [4.78, 5) is 5.46. The molecule has 64 valence electrons. The minimum Gasteiger partial charge on any atom is -0.488 e. The topological polar surface area (TPSA) is 25.4 Å². The number of rotatable bonds is 0. The molecule has 0 N–H and O–H groups in total. The van der Waals surface area contributed by atoms with Gasteiger partial charge in [-0.05, 0) is 0 Å². The summed E-state index contributed by atoms with van der Waals surface area (Å²) in [7, 11) is 1.90. The molecule has 2 rings (SSSR count). The largest absolute Gasteiger partial charge is 0.488 e. The Morgan fingerprint density at radius 2 is 2.50 bits per heavy atom. The van der Waals surface area contributed by atoms with E-state index >= 15 is 0 Å². The lowest BCUT2D eigenvalue weighted by Gasteiger charge is -2.26. The number of hydrogen-bond acceptors (Lipinski definition) is 3. The molecule has 0 radical (unpaired) electrons. The molecule has 1 aromatic heterocycles. The van der Waals surface area contributed by atoms with E-state index in [1.54, 1.807) is 0 Å². The highest BCUT2D eigenvalue weighted by Crippen LogP contribution is 2.29. The van der Waals surface area contributed by atoms with E-state index < -0.39 is 5.95 Å². The number of hydrogen-bond donors (Lipinski definition) is 0. The van der Waals surface area contributed by atoms with E-state index in [1.165, 1.54) is 12.3 Å². The van der Waals surface area contributed by atoms with Gasteiger partial charge in [0.15, 0.2) is 5.75 Å². The molecule has 0 saturated heterocycles. The Morgan fingerprint density at radius 3 is 3.33 bits per heavy atom. The van der Waals surface area contributed by atoms with E-state index in [0.717, 1.165) is 12.2 Å². The van der Waals surface area contributed by atoms with Gasteiger partial charge in [-0.2, -0.15) is 4.39 Å². The summed E-state index contributed by atoms with van der Waals surface area (Å²) in [5.41, 5.74) is 0.772. The summed E-state index contributed by atoms with van der Waals surface area (Å²) in [5, 5.41) is 0. The Kier molecular flexibility index (Phi) is 1.60. The first kappa shape index (κ1) is 7.34. The van der Waals surface area contributed by atoms with Crippen LogP contribution in [0.15, 0.2) is 12.3 Å². The van der Waals surface area contributed by atoms with Crippen LogP contribution < -0.4 is 9.64 Å². The molecule has 0 fully saturated rings. The molecule has 0 atom stereocenters. The zero-order valence-electron chi connectivity index (χ0n) is 6.75. The first-order chi connectivity index (χ1) is 5.77. The summed E-state index contributed by atoms with van der Waals surface area (Å²) in [6.07, 6.45) is 1.42. The van der Waals surface area contributed by atoms with Crippen LogP contribution in [0.1, 0.15) is 0 Å². The monoisotopic (exact) mass is 168 g/mol. The molecule has 0 unspecified atom stereocenters. The fourth-order valence-electron chi connectivity index (χ4n) is 1.23. The number of ether oxygens (including phenoxy) is 1. The second-order valence-electron chi connectivity index (χ2n) is 2.74. The standard InChI is InChI=1S/C8H9FN2O/c1-11-2-3-12-7-5-10-8(9)4-6(7)11/h4-5H,2-3H2,1H3. The van der Waals surface area contributed by atoms with Gasteiger partial charge in [0.25, 0.3) is 0 Å². The molecule has 2 heterocycles. The average Bonchev–Trinajstić information content (AvgIpc) is 2.07. The lowest BCUT2D eigenvalue weighted by molar-refractivity contribution is 0.308. The van der Waals surface area contributed by atoms with Crippen LogP contribution in [0.5, 0.6) is 5.75 Å². The highest BCUT2D eigenvalue weighted by molar-refractivity contribution is 5.57. The van der Waals surface area contributed by atoms with E-state index in [4.69, 9.17) is 4.74 Å². The number of likely N-dealkylation sites (N-methyl/N-ethyl adjacent to an activating group) is 1. The van der Waals surface area contributed by atoms with Crippen LogP contribution in [0, 0.1) is 5.95 Å². The van der Waals surface area contributed by atoms with Gasteiger partial charge >= 0.3 is 0 Å². The van der Waals surface area contributed by atoms with E-state index in [9.17, 15) is 4.39 Å². The maximum Gasteiger partial charge on any atom is 0.215 e. The molecule has 0 aromatic carbocycles. The number of aromatic nitrogens is 1. The smallest absolute Gasteiger partial charge is 0.215 e. The highest BCUT2D eigenvalue weighted by atomic mass is 19.1. The summed E-state index contributed by atoms with van der Waals surface area (Å²) in [5.74, 6) is 0.191. The molecule has 12 heavy (non-hydrogen) atoms. The third-order valence-electron chi connectivity index (χ3n) is 1.91. The fraction of sp³-hybridized carbons (Fsp3) is 0.375. The molecular weight excluding hydrogens is 159 g/mol. The van der Waals surface area contributed by atoms with Gasteiger partial charge in [0.05, 0.1) is 18.4 Å². The van der Waals surface area contributed by atoms with Gasteiger partial charge in [-0.1, -0.05) is 0 Å². The van der Waals surface area contributed by atoms with E-state index in [2.05, 4.69) is 4.98 Å².